The maximum Gasteiger partial charge on any atom is 0.274 e. The number of carbonyl (C=O) groups excluding carboxylic acids is 1. The van der Waals surface area contributed by atoms with Crippen LogP contribution in [0.25, 0.3) is 21.9 Å². The number of benzene rings is 3. The van der Waals surface area contributed by atoms with Crippen molar-refractivity contribution in [2.75, 3.05) is 6.54 Å². The van der Waals surface area contributed by atoms with Crippen LogP contribution < -0.4 is 15.6 Å². The molecule has 0 spiro atoms. The van der Waals surface area contributed by atoms with Gasteiger partial charge in [-0.25, -0.2) is 13.5 Å². The van der Waals surface area contributed by atoms with Crippen molar-refractivity contribution in [3.63, 3.8) is 0 Å². The van der Waals surface area contributed by atoms with Crippen LogP contribution in [0.2, 0.25) is 0 Å². The van der Waals surface area contributed by atoms with E-state index in [-0.39, 0.29) is 23.6 Å². The summed E-state index contributed by atoms with van der Waals surface area (Å²) in [7, 11) is 1.50. The molecule has 0 saturated heterocycles. The largest absolute Gasteiger partial charge is 0.487 e. The monoisotopic (exact) mass is 461 g/mol. The number of rotatable bonds is 4. The Hall–Kier alpha value is -4.07. The van der Waals surface area contributed by atoms with Crippen LogP contribution in [0.15, 0.2) is 59.4 Å². The zero-order chi connectivity index (χ0) is 24.0. The molecule has 1 unspecified atom stereocenters. The van der Waals surface area contributed by atoms with Crippen molar-refractivity contribution in [3.8, 4) is 16.9 Å². The summed E-state index contributed by atoms with van der Waals surface area (Å²) in [6.07, 6.45) is -0.0120. The summed E-state index contributed by atoms with van der Waals surface area (Å²) in [6.45, 7) is 1.81. The molecule has 1 aliphatic heterocycles. The summed E-state index contributed by atoms with van der Waals surface area (Å²) in [4.78, 5) is 25.2. The van der Waals surface area contributed by atoms with Gasteiger partial charge in [-0.1, -0.05) is 24.3 Å². The molecule has 0 aliphatic carbocycles. The Morgan fingerprint density at radius 3 is 2.68 bits per heavy atom. The van der Waals surface area contributed by atoms with Gasteiger partial charge in [0.05, 0.1) is 11.9 Å². The summed E-state index contributed by atoms with van der Waals surface area (Å²) in [5.41, 5.74) is 2.18. The Balaban J connectivity index is 1.37. The lowest BCUT2D eigenvalue weighted by Crippen LogP contribution is -2.36. The molecular formula is C26H21F2N3O3. The van der Waals surface area contributed by atoms with Crippen molar-refractivity contribution in [1.29, 1.82) is 0 Å². The van der Waals surface area contributed by atoms with E-state index in [1.54, 1.807) is 43.3 Å². The molecule has 2 heterocycles. The van der Waals surface area contributed by atoms with Gasteiger partial charge in [0.15, 0.2) is 5.69 Å². The van der Waals surface area contributed by atoms with Gasteiger partial charge in [-0.15, -0.1) is 0 Å². The van der Waals surface area contributed by atoms with Crippen molar-refractivity contribution in [2.45, 2.75) is 19.4 Å². The minimum absolute atomic E-state index is 0.140. The topological polar surface area (TPSA) is 73.2 Å². The lowest BCUT2D eigenvalue weighted by Gasteiger charge is -2.14. The lowest BCUT2D eigenvalue weighted by atomic mass is 9.99. The highest BCUT2D eigenvalue weighted by Gasteiger charge is 2.28. The van der Waals surface area contributed by atoms with E-state index < -0.39 is 17.8 Å². The number of ether oxygens (including phenoxy) is 1. The first-order chi connectivity index (χ1) is 16.3. The molecule has 1 amide bonds. The minimum atomic E-state index is -0.438. The quantitative estimate of drug-likeness (QED) is 0.500. The first-order valence-corrected chi connectivity index (χ1v) is 10.8. The second-order valence-corrected chi connectivity index (χ2v) is 8.38. The molecule has 5 rings (SSSR count). The normalized spacial score (nSPS) is 14.6. The van der Waals surface area contributed by atoms with Gasteiger partial charge in [-0.2, -0.15) is 5.10 Å². The van der Waals surface area contributed by atoms with Crippen molar-refractivity contribution in [3.05, 3.63) is 93.4 Å². The molecule has 0 radical (unpaired) electrons. The van der Waals surface area contributed by atoms with Gasteiger partial charge in [-0.3, -0.25) is 9.59 Å². The second-order valence-electron chi connectivity index (χ2n) is 8.38. The van der Waals surface area contributed by atoms with E-state index in [0.29, 0.717) is 45.2 Å². The Labute approximate surface area is 193 Å². The van der Waals surface area contributed by atoms with E-state index in [1.165, 1.54) is 25.2 Å². The summed E-state index contributed by atoms with van der Waals surface area (Å²) in [5.74, 6) is -0.660. The number of nitrogens with zero attached hydrogens (tertiary/aromatic N) is 2. The summed E-state index contributed by atoms with van der Waals surface area (Å²) in [6, 6.07) is 14.2. The van der Waals surface area contributed by atoms with E-state index in [1.807, 2.05) is 0 Å². The first kappa shape index (κ1) is 21.8. The van der Waals surface area contributed by atoms with Crippen LogP contribution >= 0.6 is 0 Å². The maximum absolute atomic E-state index is 14.3. The molecule has 3 aromatic carbocycles. The van der Waals surface area contributed by atoms with E-state index in [0.717, 1.165) is 4.68 Å². The Kier molecular flexibility index (Phi) is 5.36. The van der Waals surface area contributed by atoms with Crippen LogP contribution in [0.4, 0.5) is 8.78 Å². The summed E-state index contributed by atoms with van der Waals surface area (Å²) >= 11 is 0. The number of nitrogens with one attached hydrogen (secondary N) is 1. The van der Waals surface area contributed by atoms with Crippen molar-refractivity contribution < 1.29 is 18.3 Å². The minimum Gasteiger partial charge on any atom is -0.487 e. The van der Waals surface area contributed by atoms with Crippen molar-refractivity contribution in [2.24, 2.45) is 7.05 Å². The molecule has 0 saturated carbocycles. The van der Waals surface area contributed by atoms with Crippen LogP contribution in [-0.4, -0.2) is 28.3 Å². The van der Waals surface area contributed by atoms with Crippen LogP contribution in [0, 0.1) is 18.6 Å². The lowest BCUT2D eigenvalue weighted by molar-refractivity contribution is 0.0928. The molecule has 1 aliphatic rings. The molecule has 1 N–H and O–H groups in total. The predicted molar refractivity (Wildman–Crippen MR) is 124 cm³/mol. The molecule has 8 heteroatoms. The number of halogens is 2. The van der Waals surface area contributed by atoms with Gasteiger partial charge < -0.3 is 10.1 Å². The third-order valence-electron chi connectivity index (χ3n) is 5.99. The average Bonchev–Trinajstić information content (AvgIpc) is 3.24. The number of amides is 1. The molecule has 0 bridgehead atoms. The molecule has 1 aromatic heterocycles. The zero-order valence-corrected chi connectivity index (χ0v) is 18.6. The SMILES string of the molecule is Cc1cc(-c2cc(F)cc3c2OC(CNC(=O)c2nn(C)c(=O)c4ccccc24)C3)ccc1F. The number of aromatic nitrogens is 2. The van der Waals surface area contributed by atoms with Crippen LogP contribution in [0.3, 0.4) is 0 Å². The van der Waals surface area contributed by atoms with Gasteiger partial charge >= 0.3 is 0 Å². The Morgan fingerprint density at radius 1 is 1.15 bits per heavy atom. The van der Waals surface area contributed by atoms with Gasteiger partial charge in [0.1, 0.15) is 23.5 Å². The average molecular weight is 461 g/mol. The van der Waals surface area contributed by atoms with Crippen molar-refractivity contribution >= 4 is 16.7 Å². The van der Waals surface area contributed by atoms with Gasteiger partial charge in [-0.05, 0) is 48.4 Å². The predicted octanol–water partition coefficient (Wildman–Crippen LogP) is 3.92. The zero-order valence-electron chi connectivity index (χ0n) is 18.6. The number of carbonyl (C=O) groups is 1. The first-order valence-electron chi connectivity index (χ1n) is 10.8. The molecule has 4 aromatic rings. The number of fused-ring (bicyclic) bond motifs is 2. The second kappa shape index (κ2) is 8.37. The molecule has 1 atom stereocenters. The molecular weight excluding hydrogens is 440 g/mol. The van der Waals surface area contributed by atoms with Gasteiger partial charge in [0.25, 0.3) is 11.5 Å². The maximum atomic E-state index is 14.3. The highest BCUT2D eigenvalue weighted by molar-refractivity contribution is 6.04. The number of aryl methyl sites for hydroxylation is 2. The Morgan fingerprint density at radius 2 is 1.91 bits per heavy atom. The standard InChI is InChI=1S/C26H21F2N3O3/c1-14-9-15(7-8-22(14)28)21-12-17(27)10-16-11-18(34-24(16)21)13-29-25(32)23-19-5-3-4-6-20(19)26(33)31(2)30-23/h3-10,12,18H,11,13H2,1-2H3,(H,29,32). The van der Waals surface area contributed by atoms with E-state index in [4.69, 9.17) is 4.74 Å². The fraction of sp³-hybridized carbons (Fsp3) is 0.192. The highest BCUT2D eigenvalue weighted by Crippen LogP contribution is 2.40. The number of hydrogen-bond acceptors (Lipinski definition) is 4. The summed E-state index contributed by atoms with van der Waals surface area (Å²) < 4.78 is 35.3. The molecule has 6 nitrogen and oxygen atoms in total. The highest BCUT2D eigenvalue weighted by atomic mass is 19.1. The van der Waals surface area contributed by atoms with Gasteiger partial charge in [0, 0.05) is 30.0 Å². The van der Waals surface area contributed by atoms with Gasteiger partial charge in [0.2, 0.25) is 0 Å². The molecule has 34 heavy (non-hydrogen) atoms. The molecule has 172 valence electrons. The van der Waals surface area contributed by atoms with E-state index in [2.05, 4.69) is 10.4 Å². The van der Waals surface area contributed by atoms with E-state index >= 15 is 0 Å². The fourth-order valence-electron chi connectivity index (χ4n) is 4.29. The van der Waals surface area contributed by atoms with Crippen LogP contribution in [-0.2, 0) is 13.5 Å². The van der Waals surface area contributed by atoms with Crippen molar-refractivity contribution in [1.82, 2.24) is 15.1 Å². The Bertz CT molecular complexity index is 1510. The smallest absolute Gasteiger partial charge is 0.274 e. The van der Waals surface area contributed by atoms with Crippen LogP contribution in [0.5, 0.6) is 5.75 Å². The van der Waals surface area contributed by atoms with Crippen LogP contribution in [0.1, 0.15) is 21.6 Å². The third-order valence-corrected chi connectivity index (χ3v) is 5.99. The summed E-state index contributed by atoms with van der Waals surface area (Å²) in [5, 5.41) is 7.83. The third kappa shape index (κ3) is 3.81. The van der Waals surface area contributed by atoms with E-state index in [9.17, 15) is 18.4 Å². The number of hydrogen-bond donors (Lipinski definition) is 1. The fourth-order valence-corrected chi connectivity index (χ4v) is 4.29. The molecule has 0 fully saturated rings.